The first-order chi connectivity index (χ1) is 6.65. The maximum absolute atomic E-state index is 11.7. The number of fused-ring (bicyclic) bond motifs is 1. The smallest absolute Gasteiger partial charge is 0.179 e. The van der Waals surface area contributed by atoms with Gasteiger partial charge in [-0.25, -0.2) is 14.3 Å². The van der Waals surface area contributed by atoms with Gasteiger partial charge in [0, 0.05) is 0 Å². The molecule has 2 rings (SSSR count). The highest BCUT2D eigenvalue weighted by Gasteiger charge is 2.28. The number of nitrogens with two attached hydrogens (primary N) is 1. The third-order valence-electron chi connectivity index (χ3n) is 2.37. The number of hydrogen-bond acceptors (Lipinski definition) is 4. The van der Waals surface area contributed by atoms with Gasteiger partial charge in [0.05, 0.1) is 17.3 Å². The second-order valence-electron chi connectivity index (χ2n) is 3.29. The van der Waals surface area contributed by atoms with Crippen LogP contribution in [0.5, 0.6) is 0 Å². The Morgan fingerprint density at radius 3 is 2.93 bits per heavy atom. The predicted octanol–water partition coefficient (Wildman–Crippen LogP) is 0.407. The van der Waals surface area contributed by atoms with Crippen LogP contribution in [0.3, 0.4) is 0 Å². The Kier molecular flexibility index (Phi) is 2.30. The largest absolute Gasteiger partial charge is 0.300 e. The van der Waals surface area contributed by atoms with Crippen LogP contribution in [0.4, 0.5) is 0 Å². The second kappa shape index (κ2) is 3.34. The van der Waals surface area contributed by atoms with Crippen molar-refractivity contribution in [3.63, 3.8) is 0 Å². The second-order valence-corrected chi connectivity index (χ2v) is 5.33. The standard InChI is InChI=1S/C9H11NO3S/c10-13-6-8-3-1-2-7-4-5-14(11,12)9(7)8/h1-3H,4-6,10H2. The fourth-order valence-corrected chi connectivity index (χ4v) is 3.57. The van der Waals surface area contributed by atoms with E-state index >= 15 is 0 Å². The number of rotatable bonds is 2. The zero-order chi connectivity index (χ0) is 10.2. The molecule has 1 heterocycles. The Hall–Kier alpha value is -0.910. The lowest BCUT2D eigenvalue weighted by atomic mass is 10.1. The maximum Gasteiger partial charge on any atom is 0.179 e. The Bertz CT molecular complexity index is 453. The molecule has 1 aliphatic heterocycles. The molecule has 0 aromatic heterocycles. The molecule has 0 amide bonds. The molecule has 0 fully saturated rings. The van der Waals surface area contributed by atoms with E-state index in [2.05, 4.69) is 4.84 Å². The summed E-state index contributed by atoms with van der Waals surface area (Å²) in [4.78, 5) is 4.90. The molecule has 2 N–H and O–H groups in total. The van der Waals surface area contributed by atoms with Crippen LogP contribution in [0.15, 0.2) is 23.1 Å². The lowest BCUT2D eigenvalue weighted by Gasteiger charge is -2.05. The average Bonchev–Trinajstić information content (AvgIpc) is 2.44. The van der Waals surface area contributed by atoms with Gasteiger partial charge in [-0.15, -0.1) is 0 Å². The molecule has 0 atom stereocenters. The number of aryl methyl sites for hydroxylation is 1. The summed E-state index contributed by atoms with van der Waals surface area (Å²) in [6, 6.07) is 5.39. The Balaban J connectivity index is 2.60. The lowest BCUT2D eigenvalue weighted by molar-refractivity contribution is 0.122. The summed E-state index contributed by atoms with van der Waals surface area (Å²) in [5.41, 5.74) is 1.53. The summed E-state index contributed by atoms with van der Waals surface area (Å²) in [5, 5.41) is 0. The molecule has 0 aliphatic carbocycles. The molecular formula is C9H11NO3S. The van der Waals surface area contributed by atoms with E-state index in [0.29, 0.717) is 16.9 Å². The highest BCUT2D eigenvalue weighted by Crippen LogP contribution is 2.29. The quantitative estimate of drug-likeness (QED) is 0.722. The van der Waals surface area contributed by atoms with Crippen LogP contribution in [-0.2, 0) is 27.7 Å². The van der Waals surface area contributed by atoms with Crippen LogP contribution in [0.25, 0.3) is 0 Å². The SMILES string of the molecule is NOCc1cccc2c1S(=O)(=O)CC2. The van der Waals surface area contributed by atoms with E-state index in [4.69, 9.17) is 5.90 Å². The number of hydrogen-bond donors (Lipinski definition) is 1. The first-order valence-corrected chi connectivity index (χ1v) is 5.95. The Labute approximate surface area is 82.6 Å². The number of benzene rings is 1. The van der Waals surface area contributed by atoms with E-state index in [0.717, 1.165) is 5.56 Å². The van der Waals surface area contributed by atoms with Gasteiger partial charge >= 0.3 is 0 Å². The minimum Gasteiger partial charge on any atom is -0.300 e. The van der Waals surface area contributed by atoms with Crippen LogP contribution >= 0.6 is 0 Å². The van der Waals surface area contributed by atoms with Crippen molar-refractivity contribution >= 4 is 9.84 Å². The van der Waals surface area contributed by atoms with E-state index in [9.17, 15) is 8.42 Å². The zero-order valence-electron chi connectivity index (χ0n) is 7.56. The van der Waals surface area contributed by atoms with Gasteiger partial charge in [-0.3, -0.25) is 4.84 Å². The predicted molar refractivity (Wildman–Crippen MR) is 51.2 cm³/mol. The topological polar surface area (TPSA) is 69.4 Å². The molecule has 0 saturated heterocycles. The maximum atomic E-state index is 11.7. The number of sulfone groups is 1. The molecule has 14 heavy (non-hydrogen) atoms. The van der Waals surface area contributed by atoms with E-state index < -0.39 is 9.84 Å². The van der Waals surface area contributed by atoms with Crippen LogP contribution in [0.1, 0.15) is 11.1 Å². The molecule has 0 unspecified atom stereocenters. The molecule has 0 spiro atoms. The monoisotopic (exact) mass is 213 g/mol. The van der Waals surface area contributed by atoms with Crippen molar-refractivity contribution in [1.29, 1.82) is 0 Å². The summed E-state index contributed by atoms with van der Waals surface area (Å²) in [5.74, 6) is 5.15. The van der Waals surface area contributed by atoms with Gasteiger partial charge in [-0.2, -0.15) is 0 Å². The Morgan fingerprint density at radius 1 is 1.43 bits per heavy atom. The molecule has 1 aromatic rings. The van der Waals surface area contributed by atoms with Gasteiger partial charge in [0.25, 0.3) is 0 Å². The van der Waals surface area contributed by atoms with E-state index in [1.807, 2.05) is 12.1 Å². The minimum absolute atomic E-state index is 0.141. The zero-order valence-corrected chi connectivity index (χ0v) is 8.38. The van der Waals surface area contributed by atoms with Crippen molar-refractivity contribution in [2.24, 2.45) is 5.90 Å². The van der Waals surface area contributed by atoms with Gasteiger partial charge in [0.1, 0.15) is 0 Å². The van der Waals surface area contributed by atoms with Gasteiger partial charge in [0.15, 0.2) is 9.84 Å². The van der Waals surface area contributed by atoms with Crippen molar-refractivity contribution in [2.45, 2.75) is 17.9 Å². The summed E-state index contributed by atoms with van der Waals surface area (Å²) >= 11 is 0. The normalized spacial score (nSPS) is 18.1. The van der Waals surface area contributed by atoms with E-state index in [1.165, 1.54) is 0 Å². The van der Waals surface area contributed by atoms with Gasteiger partial charge in [0.2, 0.25) is 0 Å². The summed E-state index contributed by atoms with van der Waals surface area (Å²) in [6.07, 6.45) is 0.593. The van der Waals surface area contributed by atoms with Crippen molar-refractivity contribution in [2.75, 3.05) is 5.75 Å². The van der Waals surface area contributed by atoms with Gasteiger partial charge < -0.3 is 0 Å². The highest BCUT2D eigenvalue weighted by molar-refractivity contribution is 7.91. The molecule has 76 valence electrons. The van der Waals surface area contributed by atoms with Crippen LogP contribution < -0.4 is 5.90 Å². The van der Waals surface area contributed by atoms with Crippen molar-refractivity contribution in [3.8, 4) is 0 Å². The molecule has 1 aromatic carbocycles. The summed E-state index contributed by atoms with van der Waals surface area (Å²) in [7, 11) is -3.09. The van der Waals surface area contributed by atoms with Gasteiger partial charge in [-0.1, -0.05) is 18.2 Å². The molecule has 4 nitrogen and oxygen atoms in total. The third kappa shape index (κ3) is 1.43. The Morgan fingerprint density at radius 2 is 2.21 bits per heavy atom. The first kappa shape index (κ1) is 9.64. The van der Waals surface area contributed by atoms with Gasteiger partial charge in [-0.05, 0) is 17.5 Å². The fraction of sp³-hybridized carbons (Fsp3) is 0.333. The van der Waals surface area contributed by atoms with Crippen LogP contribution in [0.2, 0.25) is 0 Å². The van der Waals surface area contributed by atoms with Crippen LogP contribution in [-0.4, -0.2) is 14.2 Å². The van der Waals surface area contributed by atoms with Crippen molar-refractivity contribution in [1.82, 2.24) is 0 Å². The third-order valence-corrected chi connectivity index (χ3v) is 4.26. The summed E-state index contributed by atoms with van der Waals surface area (Å²) in [6.45, 7) is 0.141. The average molecular weight is 213 g/mol. The molecule has 0 radical (unpaired) electrons. The van der Waals surface area contributed by atoms with Crippen molar-refractivity contribution < 1.29 is 13.3 Å². The molecule has 0 saturated carbocycles. The first-order valence-electron chi connectivity index (χ1n) is 4.30. The molecule has 0 bridgehead atoms. The molecule has 1 aliphatic rings. The van der Waals surface area contributed by atoms with E-state index in [1.54, 1.807) is 6.07 Å². The molecular weight excluding hydrogens is 202 g/mol. The van der Waals surface area contributed by atoms with E-state index in [-0.39, 0.29) is 12.4 Å². The van der Waals surface area contributed by atoms with Crippen LogP contribution in [0, 0.1) is 0 Å². The van der Waals surface area contributed by atoms with Crippen molar-refractivity contribution in [3.05, 3.63) is 29.3 Å². The fourth-order valence-electron chi connectivity index (χ4n) is 1.78. The highest BCUT2D eigenvalue weighted by atomic mass is 32.2. The minimum atomic E-state index is -3.09. The molecule has 5 heteroatoms. The summed E-state index contributed by atoms with van der Waals surface area (Å²) < 4.78 is 23.3. The lowest BCUT2D eigenvalue weighted by Crippen LogP contribution is -2.06.